The summed E-state index contributed by atoms with van der Waals surface area (Å²) in [6, 6.07) is 9.90. The van der Waals surface area contributed by atoms with Crippen molar-refractivity contribution in [2.24, 2.45) is 0 Å². The van der Waals surface area contributed by atoms with Gasteiger partial charge in [-0.15, -0.1) is 0 Å². The van der Waals surface area contributed by atoms with Crippen LogP contribution in [0, 0.1) is 6.42 Å². The van der Waals surface area contributed by atoms with Gasteiger partial charge in [0, 0.05) is 12.3 Å². The Kier molecular flexibility index (Phi) is 4.33. The van der Waals surface area contributed by atoms with Crippen molar-refractivity contribution in [3.63, 3.8) is 0 Å². The van der Waals surface area contributed by atoms with E-state index in [1.165, 1.54) is 0 Å². The zero-order valence-corrected chi connectivity index (χ0v) is 12.4. The standard InChI is InChI=1S/C16H15F2N2O4/c17-16(18)13(22)11(7-6-10-4-2-1-3-5-10)24-14(16)20-12(21)8-9-19-15(20)23/h1-6,8-9,11,13-14,22H,7H2,(H,19,23)/t11-,13-,14-/m1/s1. The van der Waals surface area contributed by atoms with Gasteiger partial charge in [0.1, 0.15) is 6.10 Å². The average molecular weight is 337 g/mol. The summed E-state index contributed by atoms with van der Waals surface area (Å²) in [5.74, 6) is -3.77. The maximum Gasteiger partial charge on any atom is 0.330 e. The van der Waals surface area contributed by atoms with E-state index in [0.717, 1.165) is 17.8 Å². The van der Waals surface area contributed by atoms with Crippen LogP contribution in [0.2, 0.25) is 0 Å². The highest BCUT2D eigenvalue weighted by atomic mass is 19.3. The Balaban J connectivity index is 1.83. The molecule has 6 nitrogen and oxygen atoms in total. The van der Waals surface area contributed by atoms with Crippen molar-refractivity contribution in [1.29, 1.82) is 0 Å². The van der Waals surface area contributed by atoms with Gasteiger partial charge in [-0.2, -0.15) is 8.78 Å². The van der Waals surface area contributed by atoms with Crippen molar-refractivity contribution < 1.29 is 18.6 Å². The molecule has 3 atom stereocenters. The number of aromatic amines is 1. The Morgan fingerprint density at radius 1 is 1.25 bits per heavy atom. The number of hydrogen-bond acceptors (Lipinski definition) is 4. The van der Waals surface area contributed by atoms with Crippen molar-refractivity contribution in [2.45, 2.75) is 30.8 Å². The van der Waals surface area contributed by atoms with E-state index in [-0.39, 0.29) is 11.0 Å². The molecule has 8 heteroatoms. The highest BCUT2D eigenvalue weighted by molar-refractivity contribution is 5.22. The number of nitrogens with zero attached hydrogens (tertiary/aromatic N) is 1. The number of alkyl halides is 2. The number of H-pyrrole nitrogens is 1. The van der Waals surface area contributed by atoms with E-state index in [0.29, 0.717) is 0 Å². The molecule has 2 N–H and O–H groups in total. The Bertz CT molecular complexity index is 790. The molecule has 3 rings (SSSR count). The second kappa shape index (κ2) is 6.29. The van der Waals surface area contributed by atoms with E-state index in [4.69, 9.17) is 4.74 Å². The van der Waals surface area contributed by atoms with Crippen LogP contribution in [-0.2, 0) is 4.74 Å². The zero-order chi connectivity index (χ0) is 17.3. The molecule has 1 aliphatic rings. The van der Waals surface area contributed by atoms with Gasteiger partial charge in [-0.05, 0) is 18.4 Å². The molecular formula is C16H15F2N2O4. The van der Waals surface area contributed by atoms with Gasteiger partial charge in [-0.1, -0.05) is 30.3 Å². The van der Waals surface area contributed by atoms with E-state index < -0.39 is 35.6 Å². The summed E-state index contributed by atoms with van der Waals surface area (Å²) in [7, 11) is 0. The van der Waals surface area contributed by atoms with Gasteiger partial charge in [0.25, 0.3) is 5.56 Å². The minimum absolute atomic E-state index is 0.0107. The summed E-state index contributed by atoms with van der Waals surface area (Å²) in [6.07, 6.45) is -2.81. The number of aliphatic hydroxyl groups is 1. The molecule has 24 heavy (non-hydrogen) atoms. The van der Waals surface area contributed by atoms with Gasteiger partial charge in [0.05, 0.1) is 6.10 Å². The van der Waals surface area contributed by atoms with E-state index in [1.807, 2.05) is 6.07 Å². The third-order valence-corrected chi connectivity index (χ3v) is 3.89. The number of halogens is 2. The summed E-state index contributed by atoms with van der Waals surface area (Å²) in [4.78, 5) is 25.6. The normalized spacial score (nSPS) is 25.7. The fourth-order valence-electron chi connectivity index (χ4n) is 2.64. The van der Waals surface area contributed by atoms with Crippen molar-refractivity contribution in [3.05, 3.63) is 75.4 Å². The number of rotatable bonds is 4. The number of aliphatic hydroxyl groups excluding tert-OH is 1. The first kappa shape index (κ1) is 16.5. The van der Waals surface area contributed by atoms with Crippen LogP contribution in [0.1, 0.15) is 18.2 Å². The molecule has 1 aromatic heterocycles. The van der Waals surface area contributed by atoms with Crippen LogP contribution in [0.3, 0.4) is 0 Å². The Morgan fingerprint density at radius 2 is 1.96 bits per heavy atom. The average Bonchev–Trinajstić information content (AvgIpc) is 2.77. The molecule has 1 saturated heterocycles. The monoisotopic (exact) mass is 337 g/mol. The van der Waals surface area contributed by atoms with Gasteiger partial charge < -0.3 is 14.8 Å². The quantitative estimate of drug-likeness (QED) is 0.874. The highest BCUT2D eigenvalue weighted by Crippen LogP contribution is 2.43. The summed E-state index contributed by atoms with van der Waals surface area (Å²) in [6.45, 7) is 0. The largest absolute Gasteiger partial charge is 0.384 e. The van der Waals surface area contributed by atoms with Crippen LogP contribution in [-0.4, -0.2) is 32.8 Å². The molecular weight excluding hydrogens is 322 g/mol. The predicted molar refractivity (Wildman–Crippen MR) is 80.6 cm³/mol. The number of ether oxygens (including phenoxy) is 1. The van der Waals surface area contributed by atoms with Crippen molar-refractivity contribution >= 4 is 0 Å². The second-order valence-electron chi connectivity index (χ2n) is 5.49. The zero-order valence-electron chi connectivity index (χ0n) is 12.4. The SMILES string of the molecule is O=c1cc[nH]c(=O)n1[C@@H]1O[C@H](C[CH]c2ccccc2)[C@@H](O)C1(F)F. The molecule has 1 fully saturated rings. The fraction of sp³-hybridized carbons (Fsp3) is 0.312. The van der Waals surface area contributed by atoms with E-state index in [1.54, 1.807) is 30.7 Å². The van der Waals surface area contributed by atoms with Crippen LogP contribution in [0.5, 0.6) is 0 Å². The molecule has 1 aromatic carbocycles. The molecule has 0 amide bonds. The lowest BCUT2D eigenvalue weighted by atomic mass is 10.0. The first-order valence-electron chi connectivity index (χ1n) is 7.31. The second-order valence-corrected chi connectivity index (χ2v) is 5.49. The van der Waals surface area contributed by atoms with E-state index in [2.05, 4.69) is 4.98 Å². The van der Waals surface area contributed by atoms with Gasteiger partial charge in [0.15, 0.2) is 0 Å². The van der Waals surface area contributed by atoms with Crippen LogP contribution >= 0.6 is 0 Å². The molecule has 0 spiro atoms. The highest BCUT2D eigenvalue weighted by Gasteiger charge is 2.59. The lowest BCUT2D eigenvalue weighted by molar-refractivity contribution is -0.141. The van der Waals surface area contributed by atoms with Crippen LogP contribution in [0.15, 0.2) is 52.2 Å². The molecule has 2 heterocycles. The van der Waals surface area contributed by atoms with Crippen LogP contribution in [0.25, 0.3) is 0 Å². The van der Waals surface area contributed by atoms with Gasteiger partial charge in [0.2, 0.25) is 6.23 Å². The van der Waals surface area contributed by atoms with E-state index >= 15 is 0 Å². The third kappa shape index (κ3) is 2.90. The topological polar surface area (TPSA) is 84.3 Å². The van der Waals surface area contributed by atoms with E-state index in [9.17, 15) is 23.5 Å². The lowest BCUT2D eigenvalue weighted by Crippen LogP contribution is -2.45. The number of aromatic nitrogens is 2. The van der Waals surface area contributed by atoms with Gasteiger partial charge in [-0.3, -0.25) is 4.79 Å². The summed E-state index contributed by atoms with van der Waals surface area (Å²) in [5, 5.41) is 9.89. The molecule has 1 aliphatic heterocycles. The van der Waals surface area contributed by atoms with Crippen molar-refractivity contribution in [3.8, 4) is 0 Å². The Labute approximate surface area is 135 Å². The van der Waals surface area contributed by atoms with Gasteiger partial charge in [-0.25, -0.2) is 9.36 Å². The summed E-state index contributed by atoms with van der Waals surface area (Å²) < 4.78 is 34.1. The predicted octanol–water partition coefficient (Wildman–Crippen LogP) is 1.07. The van der Waals surface area contributed by atoms with Crippen LogP contribution in [0.4, 0.5) is 8.78 Å². The minimum atomic E-state index is -3.77. The molecule has 0 saturated carbocycles. The minimum Gasteiger partial charge on any atom is -0.384 e. The molecule has 1 radical (unpaired) electrons. The number of benzene rings is 1. The Morgan fingerprint density at radius 3 is 2.62 bits per heavy atom. The maximum atomic E-state index is 14.3. The van der Waals surface area contributed by atoms with Crippen molar-refractivity contribution in [1.82, 2.24) is 9.55 Å². The molecule has 0 aliphatic carbocycles. The van der Waals surface area contributed by atoms with Crippen LogP contribution < -0.4 is 11.2 Å². The molecule has 0 bridgehead atoms. The third-order valence-electron chi connectivity index (χ3n) is 3.89. The fourth-order valence-corrected chi connectivity index (χ4v) is 2.64. The molecule has 127 valence electrons. The lowest BCUT2D eigenvalue weighted by Gasteiger charge is -2.20. The number of hydrogen-bond donors (Lipinski definition) is 2. The first-order valence-corrected chi connectivity index (χ1v) is 7.31. The summed E-state index contributed by atoms with van der Waals surface area (Å²) in [5.41, 5.74) is -1.16. The summed E-state index contributed by atoms with van der Waals surface area (Å²) >= 11 is 0. The smallest absolute Gasteiger partial charge is 0.330 e. The van der Waals surface area contributed by atoms with Gasteiger partial charge >= 0.3 is 11.6 Å². The number of nitrogens with one attached hydrogen (secondary N) is 1. The Hall–Kier alpha value is -2.32. The maximum absolute atomic E-state index is 14.3. The van der Waals surface area contributed by atoms with Crippen molar-refractivity contribution in [2.75, 3.05) is 0 Å². The molecule has 2 aromatic rings. The molecule has 0 unspecified atom stereocenters. The first-order chi connectivity index (χ1) is 11.4.